The van der Waals surface area contributed by atoms with Crippen molar-refractivity contribution >= 4 is 12.0 Å². The minimum absolute atomic E-state index is 0.00373. The number of nitrogens with zero attached hydrogens (tertiary/aromatic N) is 1. The fourth-order valence-electron chi connectivity index (χ4n) is 1.84. The zero-order valence-corrected chi connectivity index (χ0v) is 10.4. The van der Waals surface area contributed by atoms with E-state index >= 15 is 0 Å². The Kier molecular flexibility index (Phi) is 3.99. The average Bonchev–Trinajstić information content (AvgIpc) is 2.41. The standard InChI is InChI=1S/C14H17NO3/c1-11-10-12(2-4-13(11)16)3-5-14(17)15-6-8-18-9-7-15/h2-5,10,16H,6-9H2,1H3. The van der Waals surface area contributed by atoms with E-state index in [2.05, 4.69) is 0 Å². The Hall–Kier alpha value is -1.81. The van der Waals surface area contributed by atoms with E-state index in [0.717, 1.165) is 11.1 Å². The second-order valence-corrected chi connectivity index (χ2v) is 4.32. The van der Waals surface area contributed by atoms with Gasteiger partial charge in [-0.05, 0) is 36.3 Å². The number of benzene rings is 1. The first-order valence-corrected chi connectivity index (χ1v) is 6.01. The molecule has 1 aromatic carbocycles. The van der Waals surface area contributed by atoms with Gasteiger partial charge in [0.2, 0.25) is 5.91 Å². The number of aryl methyl sites for hydroxylation is 1. The highest BCUT2D eigenvalue weighted by Crippen LogP contribution is 2.17. The molecule has 0 unspecified atom stereocenters. The predicted molar refractivity (Wildman–Crippen MR) is 69.3 cm³/mol. The maximum Gasteiger partial charge on any atom is 0.246 e. The molecule has 0 spiro atoms. The average molecular weight is 247 g/mol. The van der Waals surface area contributed by atoms with Crippen LogP contribution in [0.25, 0.3) is 6.08 Å². The van der Waals surface area contributed by atoms with E-state index in [9.17, 15) is 9.90 Å². The van der Waals surface area contributed by atoms with Gasteiger partial charge in [0.05, 0.1) is 13.2 Å². The van der Waals surface area contributed by atoms with Crippen LogP contribution in [-0.4, -0.2) is 42.2 Å². The lowest BCUT2D eigenvalue weighted by Crippen LogP contribution is -2.39. The normalized spacial score (nSPS) is 16.2. The second-order valence-electron chi connectivity index (χ2n) is 4.32. The minimum Gasteiger partial charge on any atom is -0.508 e. The molecule has 0 bridgehead atoms. The maximum absolute atomic E-state index is 11.9. The number of amides is 1. The summed E-state index contributed by atoms with van der Waals surface area (Å²) in [7, 11) is 0. The van der Waals surface area contributed by atoms with E-state index in [0.29, 0.717) is 26.3 Å². The Morgan fingerprint density at radius 3 is 2.78 bits per heavy atom. The van der Waals surface area contributed by atoms with Crippen LogP contribution in [0, 0.1) is 6.92 Å². The molecule has 1 aromatic rings. The number of aromatic hydroxyl groups is 1. The lowest BCUT2D eigenvalue weighted by molar-refractivity contribution is -0.129. The predicted octanol–water partition coefficient (Wildman–Crippen LogP) is 1.57. The highest BCUT2D eigenvalue weighted by molar-refractivity contribution is 5.91. The van der Waals surface area contributed by atoms with Crippen molar-refractivity contribution in [3.05, 3.63) is 35.4 Å². The Morgan fingerprint density at radius 1 is 1.39 bits per heavy atom. The summed E-state index contributed by atoms with van der Waals surface area (Å²) in [6.45, 7) is 4.35. The molecule has 1 aliphatic rings. The summed E-state index contributed by atoms with van der Waals surface area (Å²) in [5.74, 6) is 0.274. The van der Waals surface area contributed by atoms with E-state index in [1.807, 2.05) is 13.0 Å². The molecule has 1 N–H and O–H groups in total. The molecule has 0 aliphatic carbocycles. The van der Waals surface area contributed by atoms with Crippen molar-refractivity contribution in [3.8, 4) is 5.75 Å². The summed E-state index contributed by atoms with van der Waals surface area (Å²) >= 11 is 0. The van der Waals surface area contributed by atoms with Crippen molar-refractivity contribution in [2.45, 2.75) is 6.92 Å². The van der Waals surface area contributed by atoms with Gasteiger partial charge in [0.15, 0.2) is 0 Å². The summed E-state index contributed by atoms with van der Waals surface area (Å²) < 4.78 is 5.20. The fraction of sp³-hybridized carbons (Fsp3) is 0.357. The van der Waals surface area contributed by atoms with Crippen molar-refractivity contribution in [2.75, 3.05) is 26.3 Å². The molecule has 1 aliphatic heterocycles. The highest BCUT2D eigenvalue weighted by atomic mass is 16.5. The summed E-state index contributed by atoms with van der Waals surface area (Å²) in [5, 5.41) is 9.41. The third-order valence-electron chi connectivity index (χ3n) is 2.96. The van der Waals surface area contributed by atoms with Crippen LogP contribution in [0.2, 0.25) is 0 Å². The number of hydrogen-bond acceptors (Lipinski definition) is 3. The Labute approximate surface area is 106 Å². The van der Waals surface area contributed by atoms with Crippen LogP contribution >= 0.6 is 0 Å². The van der Waals surface area contributed by atoms with Crippen molar-refractivity contribution in [1.82, 2.24) is 4.90 Å². The first kappa shape index (κ1) is 12.6. The molecule has 1 amide bonds. The molecule has 0 radical (unpaired) electrons. The molecule has 18 heavy (non-hydrogen) atoms. The van der Waals surface area contributed by atoms with Crippen LogP contribution in [0.1, 0.15) is 11.1 Å². The molecule has 0 saturated carbocycles. The smallest absolute Gasteiger partial charge is 0.246 e. The van der Waals surface area contributed by atoms with Crippen molar-refractivity contribution in [1.29, 1.82) is 0 Å². The number of carbonyl (C=O) groups is 1. The monoisotopic (exact) mass is 247 g/mol. The van der Waals surface area contributed by atoms with Gasteiger partial charge >= 0.3 is 0 Å². The maximum atomic E-state index is 11.9. The number of hydrogen-bond donors (Lipinski definition) is 1. The highest BCUT2D eigenvalue weighted by Gasteiger charge is 2.13. The lowest BCUT2D eigenvalue weighted by Gasteiger charge is -2.25. The summed E-state index contributed by atoms with van der Waals surface area (Å²) in [4.78, 5) is 13.6. The molecule has 1 heterocycles. The van der Waals surface area contributed by atoms with Crippen LogP contribution in [0.4, 0.5) is 0 Å². The van der Waals surface area contributed by atoms with E-state index in [-0.39, 0.29) is 11.7 Å². The molecule has 4 heteroatoms. The lowest BCUT2D eigenvalue weighted by atomic mass is 10.1. The Morgan fingerprint density at radius 2 is 2.11 bits per heavy atom. The van der Waals surface area contributed by atoms with Gasteiger partial charge in [-0.15, -0.1) is 0 Å². The summed E-state index contributed by atoms with van der Waals surface area (Å²) in [5.41, 5.74) is 1.71. The molecule has 96 valence electrons. The van der Waals surface area contributed by atoms with Crippen molar-refractivity contribution in [2.24, 2.45) is 0 Å². The van der Waals surface area contributed by atoms with Crippen LogP contribution in [0.15, 0.2) is 24.3 Å². The molecule has 0 atom stereocenters. The molecule has 4 nitrogen and oxygen atoms in total. The van der Waals surface area contributed by atoms with Crippen LogP contribution < -0.4 is 0 Å². The third kappa shape index (κ3) is 3.11. The van der Waals surface area contributed by atoms with E-state index < -0.39 is 0 Å². The number of carbonyl (C=O) groups excluding carboxylic acids is 1. The van der Waals surface area contributed by atoms with Crippen LogP contribution in [0.5, 0.6) is 5.75 Å². The van der Waals surface area contributed by atoms with Gasteiger partial charge in [0.1, 0.15) is 5.75 Å². The number of morpholine rings is 1. The molecular weight excluding hydrogens is 230 g/mol. The summed E-state index contributed by atoms with van der Waals surface area (Å²) in [6, 6.07) is 5.26. The summed E-state index contributed by atoms with van der Waals surface area (Å²) in [6.07, 6.45) is 3.33. The van der Waals surface area contributed by atoms with Gasteiger partial charge in [-0.2, -0.15) is 0 Å². The topological polar surface area (TPSA) is 49.8 Å². The molecule has 2 rings (SSSR count). The van der Waals surface area contributed by atoms with Gasteiger partial charge in [0.25, 0.3) is 0 Å². The first-order valence-electron chi connectivity index (χ1n) is 6.01. The van der Waals surface area contributed by atoms with Gasteiger partial charge in [0, 0.05) is 19.2 Å². The number of ether oxygens (including phenoxy) is 1. The van der Waals surface area contributed by atoms with Gasteiger partial charge < -0.3 is 14.7 Å². The number of phenolic OH excluding ortho intramolecular Hbond substituents is 1. The van der Waals surface area contributed by atoms with E-state index in [4.69, 9.17) is 4.74 Å². The Bertz CT molecular complexity index is 462. The fourth-order valence-corrected chi connectivity index (χ4v) is 1.84. The van der Waals surface area contributed by atoms with Crippen molar-refractivity contribution < 1.29 is 14.6 Å². The van der Waals surface area contributed by atoms with Crippen LogP contribution in [-0.2, 0) is 9.53 Å². The minimum atomic E-state index is 0.00373. The number of phenols is 1. The molecule has 0 aromatic heterocycles. The number of rotatable bonds is 2. The quantitative estimate of drug-likeness (QED) is 0.807. The Balaban J connectivity index is 2.01. The van der Waals surface area contributed by atoms with Gasteiger partial charge in [-0.3, -0.25) is 4.79 Å². The van der Waals surface area contributed by atoms with Crippen molar-refractivity contribution in [3.63, 3.8) is 0 Å². The van der Waals surface area contributed by atoms with E-state index in [1.54, 1.807) is 29.2 Å². The van der Waals surface area contributed by atoms with E-state index in [1.165, 1.54) is 0 Å². The molecule has 1 saturated heterocycles. The molecule has 1 fully saturated rings. The zero-order chi connectivity index (χ0) is 13.0. The van der Waals surface area contributed by atoms with Crippen LogP contribution in [0.3, 0.4) is 0 Å². The largest absolute Gasteiger partial charge is 0.508 e. The molecular formula is C14H17NO3. The SMILES string of the molecule is Cc1cc(C=CC(=O)N2CCOCC2)ccc1O. The first-order chi connectivity index (χ1) is 8.66. The zero-order valence-electron chi connectivity index (χ0n) is 10.4. The third-order valence-corrected chi connectivity index (χ3v) is 2.96. The second kappa shape index (κ2) is 5.69. The van der Waals surface area contributed by atoms with Gasteiger partial charge in [-0.1, -0.05) is 6.07 Å². The van der Waals surface area contributed by atoms with Gasteiger partial charge in [-0.25, -0.2) is 0 Å².